The van der Waals surface area contributed by atoms with E-state index >= 15 is 0 Å². The van der Waals surface area contributed by atoms with Crippen molar-refractivity contribution in [3.8, 4) is 6.26 Å². The van der Waals surface area contributed by atoms with E-state index in [9.17, 15) is 5.26 Å². The quantitative estimate of drug-likeness (QED) is 0.287. The lowest BCUT2D eigenvalue weighted by Crippen LogP contribution is -2.31. The van der Waals surface area contributed by atoms with Crippen molar-refractivity contribution in [2.45, 2.75) is 88.0 Å². The molecule has 0 spiro atoms. The van der Waals surface area contributed by atoms with Gasteiger partial charge in [-0.15, -0.1) is 5.26 Å². The number of allylic oxidation sites excluding steroid dienone is 6. The van der Waals surface area contributed by atoms with Gasteiger partial charge in [0.15, 0.2) is 0 Å². The van der Waals surface area contributed by atoms with Crippen LogP contribution in [0.15, 0.2) is 71.6 Å². The van der Waals surface area contributed by atoms with Crippen LogP contribution in [0.2, 0.25) is 0 Å². The molecule has 1 aliphatic carbocycles. The van der Waals surface area contributed by atoms with Crippen LogP contribution in [0, 0.1) is 33.7 Å². The number of hydrogen-bond donors (Lipinski definition) is 0. The Hall–Kier alpha value is -2.53. The average Bonchev–Trinajstić information content (AvgIpc) is 2.88. The summed E-state index contributed by atoms with van der Waals surface area (Å²) in [4.78, 5) is 0. The Morgan fingerprint density at radius 3 is 2.21 bits per heavy atom. The number of ether oxygens (including phenoxy) is 1. The van der Waals surface area contributed by atoms with Crippen LogP contribution in [0.25, 0.3) is 0 Å². The maximum atomic E-state index is 9.20. The smallest absolute Gasteiger partial charge is 0.292 e. The van der Waals surface area contributed by atoms with Crippen molar-refractivity contribution in [3.05, 3.63) is 82.7 Å². The van der Waals surface area contributed by atoms with Gasteiger partial charge in [0.25, 0.3) is 6.26 Å². The first kappa shape index (κ1) is 27.7. The van der Waals surface area contributed by atoms with Gasteiger partial charge in [-0.25, -0.2) is 0 Å². The lowest BCUT2D eigenvalue weighted by atomic mass is 9.66. The van der Waals surface area contributed by atoms with Gasteiger partial charge in [-0.2, -0.15) is 0 Å². The van der Waals surface area contributed by atoms with Gasteiger partial charge < -0.3 is 4.74 Å². The second-order valence-corrected chi connectivity index (χ2v) is 11.9. The number of nitrogens with zero attached hydrogens (tertiary/aromatic N) is 1. The van der Waals surface area contributed by atoms with E-state index < -0.39 is 0 Å². The second kappa shape index (κ2) is 11.3. The van der Waals surface area contributed by atoms with Crippen LogP contribution in [0.3, 0.4) is 0 Å². The molecule has 184 valence electrons. The fourth-order valence-electron chi connectivity index (χ4n) is 4.05. The molecule has 0 bridgehead atoms. The molecule has 2 rings (SSSR count). The van der Waals surface area contributed by atoms with Crippen molar-refractivity contribution >= 4 is 0 Å². The third kappa shape index (κ3) is 6.99. The maximum Gasteiger partial charge on any atom is 0.292 e. The summed E-state index contributed by atoms with van der Waals surface area (Å²) in [5.74, 6) is 1.06. The molecule has 34 heavy (non-hydrogen) atoms. The summed E-state index contributed by atoms with van der Waals surface area (Å²) in [6.07, 6.45) is 17.0. The maximum absolute atomic E-state index is 9.20. The van der Waals surface area contributed by atoms with Gasteiger partial charge in [-0.1, -0.05) is 104 Å². The molecule has 1 atom stereocenters. The molecule has 0 fully saturated rings. The number of unbranched alkanes of at least 4 members (excludes halogenated alkanes) is 1. The topological polar surface area (TPSA) is 33.0 Å². The molecule has 0 aromatic heterocycles. The summed E-state index contributed by atoms with van der Waals surface area (Å²) in [6.45, 7) is 20.3. The molecule has 0 saturated heterocycles. The zero-order valence-corrected chi connectivity index (χ0v) is 23.0. The second-order valence-electron chi connectivity index (χ2n) is 11.9. The highest BCUT2D eigenvalue weighted by molar-refractivity contribution is 5.53. The number of benzene rings is 1. The number of rotatable bonds is 8. The van der Waals surface area contributed by atoms with Gasteiger partial charge >= 0.3 is 0 Å². The van der Waals surface area contributed by atoms with Crippen LogP contribution < -0.4 is 0 Å². The lowest BCUT2D eigenvalue weighted by Gasteiger charge is -2.39. The SMILES string of the molecule is C/C=C1/C(OC#N)=CC(C)(C(C)C)C=C/C1=C/CCCc1ccc(CC(C)(C)C(C)(C)C)cc1. The summed E-state index contributed by atoms with van der Waals surface area (Å²) in [6, 6.07) is 9.19. The number of aryl methyl sites for hydroxylation is 1. The zero-order chi connectivity index (χ0) is 25.6. The molecule has 0 aliphatic heterocycles. The van der Waals surface area contributed by atoms with Crippen molar-refractivity contribution in [1.82, 2.24) is 0 Å². The van der Waals surface area contributed by atoms with E-state index in [1.807, 2.05) is 19.3 Å². The molecule has 0 amide bonds. The zero-order valence-electron chi connectivity index (χ0n) is 23.0. The molecule has 1 aromatic carbocycles. The van der Waals surface area contributed by atoms with E-state index in [2.05, 4.69) is 104 Å². The average molecular weight is 460 g/mol. The minimum absolute atomic E-state index is 0.153. The molecule has 0 radical (unpaired) electrons. The molecular formula is C32H45NO. The first-order chi connectivity index (χ1) is 15.8. The predicted octanol–water partition coefficient (Wildman–Crippen LogP) is 9.11. The Morgan fingerprint density at radius 2 is 1.68 bits per heavy atom. The standard InChI is InChI=1S/C32H45NO/c1-10-28-27(19-20-32(9,24(2)3)22-29(28)34-23-33)14-12-11-13-25-15-17-26(18-16-25)21-31(7,8)30(4,5)6/h10,14-20,22,24H,11-13,21H2,1-9H3/b27-14-,28-10+. The van der Waals surface area contributed by atoms with Gasteiger partial charge in [0.1, 0.15) is 5.76 Å². The predicted molar refractivity (Wildman–Crippen MR) is 145 cm³/mol. The summed E-state index contributed by atoms with van der Waals surface area (Å²) in [5, 5.41) is 9.20. The molecular weight excluding hydrogens is 414 g/mol. The molecule has 0 saturated carbocycles. The fraction of sp³-hybridized carbons (Fsp3) is 0.531. The van der Waals surface area contributed by atoms with Gasteiger partial charge in [0.05, 0.1) is 0 Å². The minimum atomic E-state index is -0.153. The lowest BCUT2D eigenvalue weighted by molar-refractivity contribution is 0.132. The Balaban J connectivity index is 2.07. The summed E-state index contributed by atoms with van der Waals surface area (Å²) >= 11 is 0. The number of nitriles is 1. The third-order valence-electron chi connectivity index (χ3n) is 8.06. The van der Waals surface area contributed by atoms with Crippen molar-refractivity contribution in [2.75, 3.05) is 0 Å². The van der Waals surface area contributed by atoms with Crippen LogP contribution in [-0.4, -0.2) is 0 Å². The van der Waals surface area contributed by atoms with Crippen molar-refractivity contribution in [2.24, 2.45) is 22.2 Å². The van der Waals surface area contributed by atoms with Crippen molar-refractivity contribution < 1.29 is 4.74 Å². The van der Waals surface area contributed by atoms with Gasteiger partial charge in [0, 0.05) is 11.0 Å². The minimum Gasteiger partial charge on any atom is -0.388 e. The normalized spacial score (nSPS) is 21.5. The van der Waals surface area contributed by atoms with Crippen molar-refractivity contribution in [3.63, 3.8) is 0 Å². The third-order valence-corrected chi connectivity index (χ3v) is 8.06. The highest BCUT2D eigenvalue weighted by atomic mass is 16.5. The molecule has 2 nitrogen and oxygen atoms in total. The van der Waals surface area contributed by atoms with E-state index in [4.69, 9.17) is 4.74 Å². The first-order valence-corrected chi connectivity index (χ1v) is 12.8. The Labute approximate surface area is 209 Å². The van der Waals surface area contributed by atoms with E-state index in [1.165, 1.54) is 11.1 Å². The van der Waals surface area contributed by atoms with Crippen LogP contribution in [-0.2, 0) is 17.6 Å². The van der Waals surface area contributed by atoms with Crippen LogP contribution in [0.1, 0.15) is 86.3 Å². The van der Waals surface area contributed by atoms with E-state index in [-0.39, 0.29) is 16.2 Å². The van der Waals surface area contributed by atoms with E-state index in [0.29, 0.717) is 11.7 Å². The van der Waals surface area contributed by atoms with Gasteiger partial charge in [0.2, 0.25) is 0 Å². The Kier molecular flexibility index (Phi) is 9.18. The monoisotopic (exact) mass is 459 g/mol. The largest absolute Gasteiger partial charge is 0.388 e. The molecule has 1 aromatic rings. The highest BCUT2D eigenvalue weighted by Gasteiger charge is 2.32. The van der Waals surface area contributed by atoms with Gasteiger partial charge in [-0.05, 0) is 72.1 Å². The molecule has 0 N–H and O–H groups in total. The molecule has 2 heteroatoms. The van der Waals surface area contributed by atoms with Gasteiger partial charge in [-0.3, -0.25) is 0 Å². The van der Waals surface area contributed by atoms with Crippen LogP contribution >= 0.6 is 0 Å². The molecule has 0 heterocycles. The molecule has 1 aliphatic rings. The number of hydrogen-bond acceptors (Lipinski definition) is 2. The van der Waals surface area contributed by atoms with Crippen molar-refractivity contribution in [1.29, 1.82) is 5.26 Å². The summed E-state index contributed by atoms with van der Waals surface area (Å²) in [5.41, 5.74) is 5.31. The summed E-state index contributed by atoms with van der Waals surface area (Å²) in [7, 11) is 0. The Bertz CT molecular complexity index is 987. The molecule has 1 unspecified atom stereocenters. The first-order valence-electron chi connectivity index (χ1n) is 12.8. The van der Waals surface area contributed by atoms with E-state index in [0.717, 1.165) is 36.8 Å². The summed E-state index contributed by atoms with van der Waals surface area (Å²) < 4.78 is 5.40. The Morgan fingerprint density at radius 1 is 1.06 bits per heavy atom. The van der Waals surface area contributed by atoms with Crippen LogP contribution in [0.4, 0.5) is 0 Å². The highest BCUT2D eigenvalue weighted by Crippen LogP contribution is 2.41. The fourth-order valence-corrected chi connectivity index (χ4v) is 4.05. The van der Waals surface area contributed by atoms with Crippen LogP contribution in [0.5, 0.6) is 0 Å². The van der Waals surface area contributed by atoms with E-state index in [1.54, 1.807) is 0 Å².